The molecule has 118 valence electrons. The van der Waals surface area contributed by atoms with E-state index in [0.29, 0.717) is 19.1 Å². The van der Waals surface area contributed by atoms with Crippen LogP contribution in [-0.4, -0.2) is 36.4 Å². The van der Waals surface area contributed by atoms with Gasteiger partial charge in [0.05, 0.1) is 13.2 Å². The summed E-state index contributed by atoms with van der Waals surface area (Å²) in [5.74, 6) is 1.17. The molecular formula is C17H22N2O3. The number of hydrogen-bond acceptors (Lipinski definition) is 5. The summed E-state index contributed by atoms with van der Waals surface area (Å²) in [4.78, 5) is 6.71. The van der Waals surface area contributed by atoms with E-state index in [1.807, 2.05) is 44.2 Å². The van der Waals surface area contributed by atoms with Gasteiger partial charge in [-0.2, -0.15) is 0 Å². The van der Waals surface area contributed by atoms with Crippen molar-refractivity contribution in [3.63, 3.8) is 0 Å². The molecule has 0 radical (unpaired) electrons. The zero-order valence-corrected chi connectivity index (χ0v) is 13.0. The third kappa shape index (κ3) is 3.00. The zero-order chi connectivity index (χ0) is 15.5. The Bertz CT molecular complexity index is 604. The molecule has 0 spiro atoms. The van der Waals surface area contributed by atoms with Crippen molar-refractivity contribution in [2.24, 2.45) is 5.92 Å². The van der Waals surface area contributed by atoms with Crippen LogP contribution in [0.5, 0.6) is 0 Å². The average Bonchev–Trinajstić information content (AvgIpc) is 3.01. The standard InChI is InChI=1S/C17H22N2O3/c1-12(2)15(20)16-18-14(13-6-4-3-5-7-13)17(22-16)19-8-10-21-11-9-19/h3-7,12,15,20H,8-11H2,1-2H3. The van der Waals surface area contributed by atoms with Gasteiger partial charge in [-0.05, 0) is 5.92 Å². The minimum Gasteiger partial charge on any atom is -0.422 e. The zero-order valence-electron chi connectivity index (χ0n) is 13.0. The molecule has 1 saturated heterocycles. The van der Waals surface area contributed by atoms with Gasteiger partial charge in [-0.3, -0.25) is 0 Å². The van der Waals surface area contributed by atoms with E-state index in [4.69, 9.17) is 9.15 Å². The van der Waals surface area contributed by atoms with Gasteiger partial charge in [-0.1, -0.05) is 44.2 Å². The molecule has 1 aromatic heterocycles. The SMILES string of the molecule is CC(C)C(O)c1nc(-c2ccccc2)c(N2CCOCC2)o1. The number of anilines is 1. The second kappa shape index (κ2) is 6.50. The van der Waals surface area contributed by atoms with E-state index < -0.39 is 6.10 Å². The van der Waals surface area contributed by atoms with Crippen LogP contribution in [0.1, 0.15) is 25.8 Å². The first-order chi connectivity index (χ1) is 10.7. The minimum absolute atomic E-state index is 0.0554. The van der Waals surface area contributed by atoms with Gasteiger partial charge < -0.3 is 19.2 Å². The first-order valence-corrected chi connectivity index (χ1v) is 7.73. The van der Waals surface area contributed by atoms with Gasteiger partial charge in [0, 0.05) is 18.7 Å². The molecule has 0 amide bonds. The lowest BCUT2D eigenvalue weighted by molar-refractivity contribution is 0.0954. The maximum atomic E-state index is 10.3. The van der Waals surface area contributed by atoms with Gasteiger partial charge in [0.2, 0.25) is 11.8 Å². The second-order valence-electron chi connectivity index (χ2n) is 5.86. The summed E-state index contributed by atoms with van der Waals surface area (Å²) in [5.41, 5.74) is 1.78. The van der Waals surface area contributed by atoms with Gasteiger partial charge in [0.25, 0.3) is 0 Å². The van der Waals surface area contributed by atoms with Crippen molar-refractivity contribution in [1.82, 2.24) is 4.98 Å². The molecular weight excluding hydrogens is 280 g/mol. The quantitative estimate of drug-likeness (QED) is 0.941. The van der Waals surface area contributed by atoms with Crippen LogP contribution in [0, 0.1) is 5.92 Å². The van der Waals surface area contributed by atoms with Crippen LogP contribution in [0.3, 0.4) is 0 Å². The van der Waals surface area contributed by atoms with Gasteiger partial charge in [-0.25, -0.2) is 4.98 Å². The molecule has 1 aromatic carbocycles. The lowest BCUT2D eigenvalue weighted by Crippen LogP contribution is -2.36. The van der Waals surface area contributed by atoms with Crippen molar-refractivity contribution < 1.29 is 14.3 Å². The lowest BCUT2D eigenvalue weighted by atomic mass is 10.1. The van der Waals surface area contributed by atoms with Crippen LogP contribution < -0.4 is 4.90 Å². The number of benzene rings is 1. The van der Waals surface area contributed by atoms with Crippen molar-refractivity contribution in [1.29, 1.82) is 0 Å². The van der Waals surface area contributed by atoms with Crippen LogP contribution in [-0.2, 0) is 4.74 Å². The van der Waals surface area contributed by atoms with Gasteiger partial charge in [-0.15, -0.1) is 0 Å². The lowest BCUT2D eigenvalue weighted by Gasteiger charge is -2.26. The van der Waals surface area contributed by atoms with E-state index in [0.717, 1.165) is 30.2 Å². The highest BCUT2D eigenvalue weighted by molar-refractivity contribution is 5.71. The number of nitrogens with zero attached hydrogens (tertiary/aromatic N) is 2. The molecule has 1 aliphatic heterocycles. The molecule has 0 aliphatic carbocycles. The summed E-state index contributed by atoms with van der Waals surface area (Å²) in [7, 11) is 0. The molecule has 1 unspecified atom stereocenters. The van der Waals surface area contributed by atoms with Gasteiger partial charge >= 0.3 is 0 Å². The molecule has 0 bridgehead atoms. The Morgan fingerprint density at radius 2 is 1.82 bits per heavy atom. The Kier molecular flexibility index (Phi) is 4.45. The van der Waals surface area contributed by atoms with Crippen molar-refractivity contribution in [3.05, 3.63) is 36.2 Å². The predicted molar refractivity (Wildman–Crippen MR) is 84.8 cm³/mol. The van der Waals surface area contributed by atoms with E-state index >= 15 is 0 Å². The summed E-state index contributed by atoms with van der Waals surface area (Å²) in [6.45, 7) is 6.80. The second-order valence-corrected chi connectivity index (χ2v) is 5.86. The fourth-order valence-corrected chi connectivity index (χ4v) is 2.50. The predicted octanol–water partition coefficient (Wildman–Crippen LogP) is 2.87. The third-order valence-electron chi connectivity index (χ3n) is 3.86. The van der Waals surface area contributed by atoms with Crippen molar-refractivity contribution in [2.75, 3.05) is 31.2 Å². The number of oxazole rings is 1. The smallest absolute Gasteiger partial charge is 0.226 e. The van der Waals surface area contributed by atoms with E-state index in [2.05, 4.69) is 9.88 Å². The summed E-state index contributed by atoms with van der Waals surface area (Å²) >= 11 is 0. The highest BCUT2D eigenvalue weighted by Gasteiger charge is 2.26. The van der Waals surface area contributed by atoms with Crippen LogP contribution in [0.15, 0.2) is 34.7 Å². The summed E-state index contributed by atoms with van der Waals surface area (Å²) < 4.78 is 11.3. The molecule has 5 heteroatoms. The summed E-state index contributed by atoms with van der Waals surface area (Å²) in [5, 5.41) is 10.3. The van der Waals surface area contributed by atoms with Crippen LogP contribution in [0.2, 0.25) is 0 Å². The van der Waals surface area contributed by atoms with Gasteiger partial charge in [0.15, 0.2) is 0 Å². The Labute approximate surface area is 130 Å². The molecule has 2 heterocycles. The Morgan fingerprint density at radius 1 is 1.14 bits per heavy atom. The first kappa shape index (κ1) is 15.1. The Hall–Kier alpha value is -1.85. The highest BCUT2D eigenvalue weighted by atomic mass is 16.5. The number of aliphatic hydroxyl groups is 1. The molecule has 0 saturated carbocycles. The number of rotatable bonds is 4. The van der Waals surface area contributed by atoms with E-state index in [1.54, 1.807) is 0 Å². The van der Waals surface area contributed by atoms with E-state index in [-0.39, 0.29) is 5.92 Å². The number of morpholine rings is 1. The molecule has 3 rings (SSSR count). The molecule has 5 nitrogen and oxygen atoms in total. The molecule has 2 aromatic rings. The topological polar surface area (TPSA) is 58.7 Å². The van der Waals surface area contributed by atoms with Crippen LogP contribution in [0.4, 0.5) is 5.88 Å². The van der Waals surface area contributed by atoms with Crippen molar-refractivity contribution in [3.8, 4) is 11.3 Å². The summed E-state index contributed by atoms with van der Waals surface area (Å²) in [6.07, 6.45) is -0.697. The maximum absolute atomic E-state index is 10.3. The number of ether oxygens (including phenoxy) is 1. The molecule has 1 aliphatic rings. The third-order valence-corrected chi connectivity index (χ3v) is 3.86. The average molecular weight is 302 g/mol. The fourth-order valence-electron chi connectivity index (χ4n) is 2.50. The van der Waals surface area contributed by atoms with Crippen LogP contribution in [0.25, 0.3) is 11.3 Å². The van der Waals surface area contributed by atoms with E-state index in [1.165, 1.54) is 0 Å². The largest absolute Gasteiger partial charge is 0.422 e. The molecule has 1 atom stereocenters. The Balaban J connectivity index is 2.01. The van der Waals surface area contributed by atoms with E-state index in [9.17, 15) is 5.11 Å². The number of aliphatic hydroxyl groups excluding tert-OH is 1. The van der Waals surface area contributed by atoms with Crippen LogP contribution >= 0.6 is 0 Å². The molecule has 22 heavy (non-hydrogen) atoms. The van der Waals surface area contributed by atoms with Crippen molar-refractivity contribution >= 4 is 5.88 Å². The molecule has 1 fully saturated rings. The normalized spacial score (nSPS) is 17.0. The summed E-state index contributed by atoms with van der Waals surface area (Å²) in [6, 6.07) is 9.94. The maximum Gasteiger partial charge on any atom is 0.226 e. The number of aromatic nitrogens is 1. The first-order valence-electron chi connectivity index (χ1n) is 7.73. The minimum atomic E-state index is -0.697. The fraction of sp³-hybridized carbons (Fsp3) is 0.471. The molecule has 1 N–H and O–H groups in total. The highest BCUT2D eigenvalue weighted by Crippen LogP contribution is 2.35. The van der Waals surface area contributed by atoms with Gasteiger partial charge in [0.1, 0.15) is 11.8 Å². The monoisotopic (exact) mass is 302 g/mol. The van der Waals surface area contributed by atoms with Crippen molar-refractivity contribution in [2.45, 2.75) is 20.0 Å². The number of hydrogen-bond donors (Lipinski definition) is 1. The Morgan fingerprint density at radius 3 is 2.45 bits per heavy atom.